The molecule has 1 saturated heterocycles. The Labute approximate surface area is 121 Å². The van der Waals surface area contributed by atoms with E-state index in [0.717, 1.165) is 38.6 Å². The zero-order valence-corrected chi connectivity index (χ0v) is 12.5. The van der Waals surface area contributed by atoms with E-state index in [0.29, 0.717) is 11.8 Å². The molecule has 0 spiro atoms. The fourth-order valence-corrected chi connectivity index (χ4v) is 5.20. The van der Waals surface area contributed by atoms with E-state index in [1.54, 1.807) is 0 Å². The van der Waals surface area contributed by atoms with Gasteiger partial charge in [0.2, 0.25) is 0 Å². The molecule has 0 radical (unpaired) electrons. The zero-order valence-electron chi connectivity index (χ0n) is 12.5. The van der Waals surface area contributed by atoms with Crippen LogP contribution in [0.25, 0.3) is 0 Å². The first-order chi connectivity index (χ1) is 9.55. The summed E-state index contributed by atoms with van der Waals surface area (Å²) in [6.07, 6.45) is 4.83. The molecule has 106 valence electrons. The highest BCUT2D eigenvalue weighted by molar-refractivity contribution is 5.82. The highest BCUT2D eigenvalue weighted by Crippen LogP contribution is 2.60. The first-order valence-corrected chi connectivity index (χ1v) is 7.90. The van der Waals surface area contributed by atoms with Crippen LogP contribution in [-0.4, -0.2) is 18.4 Å². The van der Waals surface area contributed by atoms with Crippen molar-refractivity contribution in [1.29, 1.82) is 0 Å². The summed E-state index contributed by atoms with van der Waals surface area (Å²) in [5.41, 5.74) is 4.64. The third kappa shape index (κ3) is 1.41. The number of hydrogen-bond acceptors (Lipinski definition) is 2. The molecule has 1 unspecified atom stereocenters. The van der Waals surface area contributed by atoms with Gasteiger partial charge in [0.05, 0.1) is 0 Å². The highest BCUT2D eigenvalue weighted by Gasteiger charge is 2.60. The molecule has 2 heteroatoms. The molecule has 4 rings (SSSR count). The van der Waals surface area contributed by atoms with Gasteiger partial charge in [0.1, 0.15) is 5.78 Å². The standard InChI is InChI=1S/C18H23NO/c1-12-3-4-13-10-16-17(2)6-5-14(20)11-18(17,7-8-19-16)15(13)9-12/h3-4,9,16,19H,5-8,10-11H2,1-2H3/t16-,17?,18-/m1/s1. The third-order valence-electron chi connectivity index (χ3n) is 6.43. The van der Waals surface area contributed by atoms with E-state index < -0.39 is 0 Å². The van der Waals surface area contributed by atoms with E-state index >= 15 is 0 Å². The first-order valence-electron chi connectivity index (χ1n) is 7.90. The summed E-state index contributed by atoms with van der Waals surface area (Å²) in [6.45, 7) is 5.66. The van der Waals surface area contributed by atoms with Crippen molar-refractivity contribution in [3.8, 4) is 0 Å². The molecule has 20 heavy (non-hydrogen) atoms. The molecule has 1 heterocycles. The molecule has 3 atom stereocenters. The van der Waals surface area contributed by atoms with Crippen molar-refractivity contribution < 1.29 is 4.79 Å². The third-order valence-corrected chi connectivity index (χ3v) is 6.43. The van der Waals surface area contributed by atoms with Crippen molar-refractivity contribution in [3.05, 3.63) is 34.9 Å². The summed E-state index contributed by atoms with van der Waals surface area (Å²) in [6, 6.07) is 7.43. The highest BCUT2D eigenvalue weighted by atomic mass is 16.1. The van der Waals surface area contributed by atoms with Gasteiger partial charge in [-0.05, 0) is 49.3 Å². The van der Waals surface area contributed by atoms with Crippen LogP contribution in [0.2, 0.25) is 0 Å². The lowest BCUT2D eigenvalue weighted by Crippen LogP contribution is -2.66. The van der Waals surface area contributed by atoms with Gasteiger partial charge in [-0.3, -0.25) is 4.79 Å². The Morgan fingerprint density at radius 2 is 2.15 bits per heavy atom. The van der Waals surface area contributed by atoms with Crippen LogP contribution >= 0.6 is 0 Å². The molecule has 2 fully saturated rings. The van der Waals surface area contributed by atoms with Crippen molar-refractivity contribution in [3.63, 3.8) is 0 Å². The summed E-state index contributed by atoms with van der Waals surface area (Å²) in [7, 11) is 0. The number of aryl methyl sites for hydroxylation is 1. The van der Waals surface area contributed by atoms with Crippen LogP contribution in [0, 0.1) is 12.3 Å². The molecule has 1 saturated carbocycles. The number of nitrogens with one attached hydrogen (secondary N) is 1. The van der Waals surface area contributed by atoms with E-state index in [2.05, 4.69) is 37.4 Å². The zero-order chi connectivity index (χ0) is 14.0. The van der Waals surface area contributed by atoms with Gasteiger partial charge in [0, 0.05) is 24.3 Å². The van der Waals surface area contributed by atoms with Crippen LogP contribution in [0.15, 0.2) is 18.2 Å². The second-order valence-corrected chi connectivity index (χ2v) is 7.34. The number of Topliss-reactive ketones (excluding diaryl/α,β-unsaturated/α-hetero) is 1. The minimum atomic E-state index is 0.0951. The average Bonchev–Trinajstić information content (AvgIpc) is 2.41. The van der Waals surface area contributed by atoms with Gasteiger partial charge < -0.3 is 5.32 Å². The second-order valence-electron chi connectivity index (χ2n) is 7.34. The maximum Gasteiger partial charge on any atom is 0.133 e. The summed E-state index contributed by atoms with van der Waals surface area (Å²) in [5, 5.41) is 3.74. The van der Waals surface area contributed by atoms with Crippen molar-refractivity contribution >= 4 is 5.78 Å². The molecule has 3 aliphatic rings. The molecule has 1 aliphatic heterocycles. The number of carbonyl (C=O) groups is 1. The molecular formula is C18H23NO. The Morgan fingerprint density at radius 3 is 3.00 bits per heavy atom. The van der Waals surface area contributed by atoms with Crippen molar-refractivity contribution in [1.82, 2.24) is 5.32 Å². The fraction of sp³-hybridized carbons (Fsp3) is 0.611. The van der Waals surface area contributed by atoms with Gasteiger partial charge in [-0.25, -0.2) is 0 Å². The van der Waals surface area contributed by atoms with E-state index in [4.69, 9.17) is 0 Å². The molecule has 2 bridgehead atoms. The molecule has 1 aromatic carbocycles. The topological polar surface area (TPSA) is 29.1 Å². The molecule has 1 aromatic rings. The van der Waals surface area contributed by atoms with Crippen LogP contribution in [0.3, 0.4) is 0 Å². The lowest BCUT2D eigenvalue weighted by molar-refractivity contribution is -0.129. The number of benzene rings is 1. The largest absolute Gasteiger partial charge is 0.313 e. The Balaban J connectivity index is 1.98. The summed E-state index contributed by atoms with van der Waals surface area (Å²) >= 11 is 0. The Kier molecular flexibility index (Phi) is 2.48. The Hall–Kier alpha value is -1.15. The molecule has 2 nitrogen and oxygen atoms in total. The maximum atomic E-state index is 12.2. The Bertz CT molecular complexity index is 593. The van der Waals surface area contributed by atoms with Crippen molar-refractivity contribution in [2.75, 3.05) is 6.54 Å². The van der Waals surface area contributed by atoms with Gasteiger partial charge in [-0.2, -0.15) is 0 Å². The van der Waals surface area contributed by atoms with E-state index in [9.17, 15) is 4.79 Å². The normalized spacial score (nSPS) is 39.1. The fourth-order valence-electron chi connectivity index (χ4n) is 5.20. The number of fused-ring (bicyclic) bond motifs is 1. The molecule has 0 aromatic heterocycles. The van der Waals surface area contributed by atoms with Gasteiger partial charge in [-0.15, -0.1) is 0 Å². The summed E-state index contributed by atoms with van der Waals surface area (Å²) in [4.78, 5) is 12.2. The number of piperidine rings is 1. The van der Waals surface area contributed by atoms with E-state index in [1.807, 2.05) is 0 Å². The van der Waals surface area contributed by atoms with Crippen LogP contribution in [-0.2, 0) is 16.6 Å². The quantitative estimate of drug-likeness (QED) is 0.784. The van der Waals surface area contributed by atoms with Crippen LogP contribution in [0.4, 0.5) is 0 Å². The van der Waals surface area contributed by atoms with E-state index in [-0.39, 0.29) is 10.8 Å². The number of hydrogen-bond donors (Lipinski definition) is 1. The van der Waals surface area contributed by atoms with Crippen molar-refractivity contribution in [2.45, 2.75) is 57.4 Å². The van der Waals surface area contributed by atoms with Crippen LogP contribution in [0.5, 0.6) is 0 Å². The second kappa shape index (κ2) is 3.94. The first kappa shape index (κ1) is 12.6. The predicted molar refractivity (Wildman–Crippen MR) is 79.9 cm³/mol. The smallest absolute Gasteiger partial charge is 0.133 e. The average molecular weight is 269 g/mol. The van der Waals surface area contributed by atoms with Crippen LogP contribution in [0.1, 0.15) is 49.3 Å². The molecule has 2 aliphatic carbocycles. The number of carbonyl (C=O) groups excluding carboxylic acids is 1. The summed E-state index contributed by atoms with van der Waals surface area (Å²) in [5.74, 6) is 0.470. The van der Waals surface area contributed by atoms with Gasteiger partial charge >= 0.3 is 0 Å². The molecule has 0 amide bonds. The SMILES string of the molecule is Cc1ccc2c(c1)[C@]13CCN[C@H](C2)C1(C)CCC(=O)C3. The lowest BCUT2D eigenvalue weighted by atomic mass is 9.45. The van der Waals surface area contributed by atoms with Crippen LogP contribution < -0.4 is 5.32 Å². The minimum absolute atomic E-state index is 0.0951. The van der Waals surface area contributed by atoms with Gasteiger partial charge in [0.15, 0.2) is 0 Å². The molecule has 1 N–H and O–H groups in total. The minimum Gasteiger partial charge on any atom is -0.313 e. The number of rotatable bonds is 0. The van der Waals surface area contributed by atoms with Gasteiger partial charge in [-0.1, -0.05) is 30.7 Å². The van der Waals surface area contributed by atoms with Gasteiger partial charge in [0.25, 0.3) is 0 Å². The summed E-state index contributed by atoms with van der Waals surface area (Å²) < 4.78 is 0. The molecular weight excluding hydrogens is 246 g/mol. The lowest BCUT2D eigenvalue weighted by Gasteiger charge is -2.62. The number of ketones is 1. The van der Waals surface area contributed by atoms with Crippen molar-refractivity contribution in [2.24, 2.45) is 5.41 Å². The van der Waals surface area contributed by atoms with E-state index in [1.165, 1.54) is 16.7 Å². The predicted octanol–water partition coefficient (Wildman–Crippen LogP) is 2.91. The Morgan fingerprint density at radius 1 is 1.30 bits per heavy atom. The maximum absolute atomic E-state index is 12.2. The monoisotopic (exact) mass is 269 g/mol.